The highest BCUT2D eigenvalue weighted by atomic mass is 19.1. The Balaban J connectivity index is 1.55. The summed E-state index contributed by atoms with van der Waals surface area (Å²) in [4.78, 5) is 27.0. The number of benzene rings is 2. The summed E-state index contributed by atoms with van der Waals surface area (Å²) >= 11 is 0. The first kappa shape index (κ1) is 20.6. The Morgan fingerprint density at radius 3 is 2.17 bits per heavy atom. The third-order valence-corrected chi connectivity index (χ3v) is 5.11. The number of nitrogens with one attached hydrogen (secondary N) is 1. The molecule has 29 heavy (non-hydrogen) atoms. The van der Waals surface area contributed by atoms with Crippen LogP contribution in [0.1, 0.15) is 28.8 Å². The standard InChI is InChI=1S/C22H25FN2O4/c1-28-18-4-3-5-19(29-2)21(18)22(27)24-17-10-12-25(13-11-17)20(26)14-15-6-8-16(23)9-7-15/h3-9,17H,10-14H2,1-2H3,(H,24,27). The molecule has 0 spiro atoms. The number of likely N-dealkylation sites (tertiary alicyclic amines) is 1. The van der Waals surface area contributed by atoms with Crippen molar-refractivity contribution in [1.29, 1.82) is 0 Å². The Kier molecular flexibility index (Phi) is 6.69. The maximum Gasteiger partial charge on any atom is 0.259 e. The normalized spacial score (nSPS) is 14.4. The van der Waals surface area contributed by atoms with Crippen LogP contribution in [-0.2, 0) is 11.2 Å². The summed E-state index contributed by atoms with van der Waals surface area (Å²) < 4.78 is 23.6. The molecule has 7 heteroatoms. The van der Waals surface area contributed by atoms with E-state index < -0.39 is 0 Å². The topological polar surface area (TPSA) is 67.9 Å². The van der Waals surface area contributed by atoms with Gasteiger partial charge in [-0.05, 0) is 42.7 Å². The third kappa shape index (κ3) is 5.04. The highest BCUT2D eigenvalue weighted by Crippen LogP contribution is 2.28. The van der Waals surface area contributed by atoms with Crippen molar-refractivity contribution in [3.05, 3.63) is 59.4 Å². The van der Waals surface area contributed by atoms with Crippen molar-refractivity contribution < 1.29 is 23.5 Å². The molecule has 6 nitrogen and oxygen atoms in total. The first-order valence-electron chi connectivity index (χ1n) is 9.56. The van der Waals surface area contributed by atoms with Gasteiger partial charge in [0, 0.05) is 19.1 Å². The molecule has 0 atom stereocenters. The Hall–Kier alpha value is -3.09. The van der Waals surface area contributed by atoms with Crippen molar-refractivity contribution in [2.45, 2.75) is 25.3 Å². The van der Waals surface area contributed by atoms with E-state index in [1.807, 2.05) is 0 Å². The molecule has 1 aliphatic rings. The van der Waals surface area contributed by atoms with E-state index in [0.29, 0.717) is 43.0 Å². The fourth-order valence-corrected chi connectivity index (χ4v) is 3.49. The molecule has 0 aromatic heterocycles. The average Bonchev–Trinajstić information content (AvgIpc) is 2.75. The molecule has 2 amide bonds. The lowest BCUT2D eigenvalue weighted by Crippen LogP contribution is -2.47. The Morgan fingerprint density at radius 2 is 1.62 bits per heavy atom. The van der Waals surface area contributed by atoms with Crippen LogP contribution in [0.25, 0.3) is 0 Å². The summed E-state index contributed by atoms with van der Waals surface area (Å²) in [5.74, 6) is 0.343. The molecule has 3 rings (SSSR count). The molecule has 0 unspecified atom stereocenters. The number of ether oxygens (including phenoxy) is 2. The molecule has 154 valence electrons. The zero-order chi connectivity index (χ0) is 20.8. The van der Waals surface area contributed by atoms with Crippen LogP contribution in [0.5, 0.6) is 11.5 Å². The van der Waals surface area contributed by atoms with Crippen LogP contribution in [0.3, 0.4) is 0 Å². The van der Waals surface area contributed by atoms with Gasteiger partial charge in [-0.1, -0.05) is 18.2 Å². The van der Waals surface area contributed by atoms with Gasteiger partial charge in [0.1, 0.15) is 22.9 Å². The number of carbonyl (C=O) groups excluding carboxylic acids is 2. The molecule has 1 heterocycles. The predicted octanol–water partition coefficient (Wildman–Crippen LogP) is 2.81. The van der Waals surface area contributed by atoms with Gasteiger partial charge in [-0.2, -0.15) is 0 Å². The lowest BCUT2D eigenvalue weighted by molar-refractivity contribution is -0.131. The molecular weight excluding hydrogens is 375 g/mol. The van der Waals surface area contributed by atoms with Crippen molar-refractivity contribution in [3.63, 3.8) is 0 Å². The quantitative estimate of drug-likeness (QED) is 0.810. The van der Waals surface area contributed by atoms with Crippen LogP contribution < -0.4 is 14.8 Å². The Morgan fingerprint density at radius 1 is 1.03 bits per heavy atom. The van der Waals surface area contributed by atoms with E-state index in [-0.39, 0.29) is 30.1 Å². The second-order valence-electron chi connectivity index (χ2n) is 6.97. The highest BCUT2D eigenvalue weighted by Gasteiger charge is 2.26. The van der Waals surface area contributed by atoms with Crippen LogP contribution in [0.15, 0.2) is 42.5 Å². The maximum absolute atomic E-state index is 13.0. The lowest BCUT2D eigenvalue weighted by Gasteiger charge is -2.32. The first-order chi connectivity index (χ1) is 14.0. The lowest BCUT2D eigenvalue weighted by atomic mass is 10.0. The van der Waals surface area contributed by atoms with Gasteiger partial charge in [0.15, 0.2) is 0 Å². The highest BCUT2D eigenvalue weighted by molar-refractivity contribution is 5.99. The number of amides is 2. The van der Waals surface area contributed by atoms with E-state index in [9.17, 15) is 14.0 Å². The van der Waals surface area contributed by atoms with Crippen LogP contribution in [0, 0.1) is 5.82 Å². The average molecular weight is 400 g/mol. The fraction of sp³-hybridized carbons (Fsp3) is 0.364. The molecule has 1 fully saturated rings. The molecule has 0 bridgehead atoms. The van der Waals surface area contributed by atoms with Crippen molar-refractivity contribution in [2.24, 2.45) is 0 Å². The van der Waals surface area contributed by atoms with Gasteiger partial charge >= 0.3 is 0 Å². The van der Waals surface area contributed by atoms with E-state index in [2.05, 4.69) is 5.32 Å². The molecule has 0 saturated carbocycles. The van der Waals surface area contributed by atoms with E-state index in [0.717, 1.165) is 5.56 Å². The van der Waals surface area contributed by atoms with Crippen molar-refractivity contribution in [2.75, 3.05) is 27.3 Å². The van der Waals surface area contributed by atoms with E-state index in [4.69, 9.17) is 9.47 Å². The van der Waals surface area contributed by atoms with Gasteiger partial charge < -0.3 is 19.7 Å². The molecule has 1 saturated heterocycles. The molecule has 1 aliphatic heterocycles. The summed E-state index contributed by atoms with van der Waals surface area (Å²) in [6, 6.07) is 11.1. The summed E-state index contributed by atoms with van der Waals surface area (Å²) in [7, 11) is 3.02. The van der Waals surface area contributed by atoms with E-state index in [1.165, 1.54) is 26.4 Å². The Labute approximate surface area is 169 Å². The molecule has 2 aromatic carbocycles. The molecule has 1 N–H and O–H groups in total. The Bertz CT molecular complexity index is 839. The summed E-state index contributed by atoms with van der Waals surface area (Å²) in [6.07, 6.45) is 1.58. The minimum absolute atomic E-state index is 0.00721. The largest absolute Gasteiger partial charge is 0.496 e. The predicted molar refractivity (Wildman–Crippen MR) is 107 cm³/mol. The van der Waals surface area contributed by atoms with Crippen LogP contribution in [0.2, 0.25) is 0 Å². The van der Waals surface area contributed by atoms with E-state index in [1.54, 1.807) is 35.2 Å². The second-order valence-corrected chi connectivity index (χ2v) is 6.97. The fourth-order valence-electron chi connectivity index (χ4n) is 3.49. The first-order valence-corrected chi connectivity index (χ1v) is 9.56. The number of methoxy groups -OCH3 is 2. The zero-order valence-corrected chi connectivity index (χ0v) is 16.6. The monoisotopic (exact) mass is 400 g/mol. The smallest absolute Gasteiger partial charge is 0.259 e. The number of nitrogens with zero attached hydrogens (tertiary/aromatic N) is 1. The van der Waals surface area contributed by atoms with Crippen LogP contribution >= 0.6 is 0 Å². The second kappa shape index (κ2) is 9.41. The van der Waals surface area contributed by atoms with Crippen molar-refractivity contribution >= 4 is 11.8 Å². The van der Waals surface area contributed by atoms with Gasteiger partial charge in [0.25, 0.3) is 5.91 Å². The molecule has 0 radical (unpaired) electrons. The van der Waals surface area contributed by atoms with Gasteiger partial charge in [-0.25, -0.2) is 4.39 Å². The van der Waals surface area contributed by atoms with Crippen molar-refractivity contribution in [1.82, 2.24) is 10.2 Å². The molecular formula is C22H25FN2O4. The van der Waals surface area contributed by atoms with Crippen LogP contribution in [0.4, 0.5) is 4.39 Å². The van der Waals surface area contributed by atoms with Gasteiger partial charge in [-0.3, -0.25) is 9.59 Å². The number of hydrogen-bond acceptors (Lipinski definition) is 4. The summed E-state index contributed by atoms with van der Waals surface area (Å²) in [6.45, 7) is 1.13. The summed E-state index contributed by atoms with van der Waals surface area (Å²) in [5, 5.41) is 3.02. The van der Waals surface area contributed by atoms with Crippen molar-refractivity contribution in [3.8, 4) is 11.5 Å². The third-order valence-electron chi connectivity index (χ3n) is 5.11. The zero-order valence-electron chi connectivity index (χ0n) is 16.6. The number of hydrogen-bond donors (Lipinski definition) is 1. The molecule has 0 aliphatic carbocycles. The molecule has 2 aromatic rings. The minimum Gasteiger partial charge on any atom is -0.496 e. The van der Waals surface area contributed by atoms with E-state index >= 15 is 0 Å². The minimum atomic E-state index is -0.315. The SMILES string of the molecule is COc1cccc(OC)c1C(=O)NC1CCN(C(=O)Cc2ccc(F)cc2)CC1. The van der Waals surface area contributed by atoms with Crippen LogP contribution in [-0.4, -0.2) is 50.1 Å². The maximum atomic E-state index is 13.0. The van der Waals surface area contributed by atoms with Gasteiger partial charge in [-0.15, -0.1) is 0 Å². The number of piperidine rings is 1. The number of halogens is 1. The number of carbonyl (C=O) groups is 2. The van der Waals surface area contributed by atoms with Gasteiger partial charge in [0.2, 0.25) is 5.91 Å². The summed E-state index contributed by atoms with van der Waals surface area (Å²) in [5.41, 5.74) is 1.16. The van der Waals surface area contributed by atoms with Gasteiger partial charge in [0.05, 0.1) is 20.6 Å². The number of rotatable bonds is 6.